The molecule has 6 nitrogen and oxygen atoms in total. The fourth-order valence-electron chi connectivity index (χ4n) is 0.920. The highest BCUT2D eigenvalue weighted by atomic mass is 19.3. The summed E-state index contributed by atoms with van der Waals surface area (Å²) in [6.07, 6.45) is -4.19. The predicted molar refractivity (Wildman–Crippen MR) is 50.1 cm³/mol. The lowest BCUT2D eigenvalue weighted by Gasteiger charge is -2.08. The van der Waals surface area contributed by atoms with Crippen molar-refractivity contribution in [2.75, 3.05) is 6.54 Å². The van der Waals surface area contributed by atoms with E-state index < -0.39 is 25.0 Å². The van der Waals surface area contributed by atoms with Gasteiger partial charge >= 0.3 is 0 Å². The Bertz CT molecular complexity index is 356. The van der Waals surface area contributed by atoms with E-state index in [1.165, 1.54) is 0 Å². The summed E-state index contributed by atoms with van der Waals surface area (Å²) in [4.78, 5) is 15.1. The standard InChI is InChI=1S/C8H12F2N4O2/c1-2-5-12-7(14-13-5)8(16)11-3-4(15)6(9)10/h4,6,15H,2-3H2,1H3,(H,11,16)(H,12,13,14). The Morgan fingerprint density at radius 2 is 2.31 bits per heavy atom. The molecule has 1 atom stereocenters. The second-order valence-electron chi connectivity index (χ2n) is 3.07. The smallest absolute Gasteiger partial charge is 0.291 e. The monoisotopic (exact) mass is 234 g/mol. The van der Waals surface area contributed by atoms with E-state index in [-0.39, 0.29) is 5.82 Å². The first-order valence-electron chi connectivity index (χ1n) is 4.70. The van der Waals surface area contributed by atoms with Crippen molar-refractivity contribution >= 4 is 5.91 Å². The molecule has 1 unspecified atom stereocenters. The third kappa shape index (κ3) is 3.23. The number of carbonyl (C=O) groups excluding carboxylic acids is 1. The summed E-state index contributed by atoms with van der Waals surface area (Å²) in [6, 6.07) is 0. The van der Waals surface area contributed by atoms with Gasteiger partial charge in [0.2, 0.25) is 5.82 Å². The van der Waals surface area contributed by atoms with Crippen molar-refractivity contribution in [1.29, 1.82) is 0 Å². The number of aromatic amines is 1. The van der Waals surface area contributed by atoms with Crippen molar-refractivity contribution in [3.63, 3.8) is 0 Å². The van der Waals surface area contributed by atoms with E-state index >= 15 is 0 Å². The second kappa shape index (κ2) is 5.50. The van der Waals surface area contributed by atoms with Gasteiger partial charge < -0.3 is 10.4 Å². The quantitative estimate of drug-likeness (QED) is 0.653. The summed E-state index contributed by atoms with van der Waals surface area (Å²) in [5.74, 6) is -0.298. The largest absolute Gasteiger partial charge is 0.385 e. The first-order chi connectivity index (χ1) is 7.54. The maximum atomic E-state index is 11.9. The minimum absolute atomic E-state index is 0.127. The molecule has 0 aromatic carbocycles. The molecule has 0 bridgehead atoms. The first kappa shape index (κ1) is 12.5. The van der Waals surface area contributed by atoms with Crippen molar-refractivity contribution in [2.24, 2.45) is 0 Å². The predicted octanol–water partition coefficient (Wildman–Crippen LogP) is -0.277. The van der Waals surface area contributed by atoms with Crippen LogP contribution in [0.2, 0.25) is 0 Å². The summed E-state index contributed by atoms with van der Waals surface area (Å²) < 4.78 is 23.8. The normalized spacial score (nSPS) is 12.8. The van der Waals surface area contributed by atoms with Gasteiger partial charge in [0.25, 0.3) is 12.3 Å². The number of aryl methyl sites for hydroxylation is 1. The van der Waals surface area contributed by atoms with Crippen LogP contribution in [-0.4, -0.2) is 45.3 Å². The lowest BCUT2D eigenvalue weighted by Crippen LogP contribution is -2.36. The number of nitrogens with zero attached hydrogens (tertiary/aromatic N) is 2. The van der Waals surface area contributed by atoms with Gasteiger partial charge in [-0.25, -0.2) is 13.8 Å². The van der Waals surface area contributed by atoms with Crippen LogP contribution in [0.3, 0.4) is 0 Å². The Hall–Kier alpha value is -1.57. The molecule has 0 saturated heterocycles. The van der Waals surface area contributed by atoms with Crippen molar-refractivity contribution < 1.29 is 18.7 Å². The number of amides is 1. The second-order valence-corrected chi connectivity index (χ2v) is 3.07. The number of H-pyrrole nitrogens is 1. The molecule has 0 aliphatic heterocycles. The highest BCUT2D eigenvalue weighted by molar-refractivity contribution is 5.90. The number of aromatic nitrogens is 3. The van der Waals surface area contributed by atoms with E-state index in [1.54, 1.807) is 0 Å². The number of alkyl halides is 2. The van der Waals surface area contributed by atoms with Crippen LogP contribution in [0.5, 0.6) is 0 Å². The molecule has 16 heavy (non-hydrogen) atoms. The molecule has 90 valence electrons. The van der Waals surface area contributed by atoms with Crippen molar-refractivity contribution in [2.45, 2.75) is 25.9 Å². The average Bonchev–Trinajstić information content (AvgIpc) is 2.73. The van der Waals surface area contributed by atoms with Crippen LogP contribution >= 0.6 is 0 Å². The van der Waals surface area contributed by atoms with Crippen LogP contribution in [0.15, 0.2) is 0 Å². The van der Waals surface area contributed by atoms with Crippen molar-refractivity contribution in [3.05, 3.63) is 11.6 Å². The number of hydrogen-bond acceptors (Lipinski definition) is 4. The van der Waals surface area contributed by atoms with Gasteiger partial charge in [-0.3, -0.25) is 9.89 Å². The number of rotatable bonds is 5. The third-order valence-corrected chi connectivity index (χ3v) is 1.83. The van der Waals surface area contributed by atoms with Gasteiger partial charge in [-0.1, -0.05) is 6.92 Å². The molecule has 8 heteroatoms. The number of hydrogen-bond donors (Lipinski definition) is 3. The molecule has 0 fully saturated rings. The summed E-state index contributed by atoms with van der Waals surface area (Å²) in [7, 11) is 0. The molecule has 1 heterocycles. The molecule has 3 N–H and O–H groups in total. The van der Waals surface area contributed by atoms with E-state index in [0.717, 1.165) is 0 Å². The van der Waals surface area contributed by atoms with Crippen LogP contribution in [0.1, 0.15) is 23.4 Å². The highest BCUT2D eigenvalue weighted by Crippen LogP contribution is 1.99. The van der Waals surface area contributed by atoms with Gasteiger partial charge in [0.05, 0.1) is 0 Å². The summed E-state index contributed by atoms with van der Waals surface area (Å²) in [5.41, 5.74) is 0. The van der Waals surface area contributed by atoms with Crippen LogP contribution in [-0.2, 0) is 6.42 Å². The molecule has 1 aromatic heterocycles. The molecule has 0 aliphatic rings. The number of halogens is 2. The average molecular weight is 234 g/mol. The first-order valence-corrected chi connectivity index (χ1v) is 4.70. The molecule has 1 amide bonds. The van der Waals surface area contributed by atoms with Crippen molar-refractivity contribution in [3.8, 4) is 0 Å². The molecular weight excluding hydrogens is 222 g/mol. The van der Waals surface area contributed by atoms with Crippen LogP contribution in [0.25, 0.3) is 0 Å². The van der Waals surface area contributed by atoms with E-state index in [2.05, 4.69) is 20.5 Å². The molecular formula is C8H12F2N4O2. The highest BCUT2D eigenvalue weighted by Gasteiger charge is 2.19. The number of nitrogens with one attached hydrogen (secondary N) is 2. The Labute approximate surface area is 90.1 Å². The van der Waals surface area contributed by atoms with Gasteiger partial charge in [0.15, 0.2) is 0 Å². The molecule has 1 aromatic rings. The summed E-state index contributed by atoms with van der Waals surface area (Å²) in [6.45, 7) is 1.29. The Balaban J connectivity index is 2.46. The maximum Gasteiger partial charge on any atom is 0.291 e. The van der Waals surface area contributed by atoms with Crippen LogP contribution in [0.4, 0.5) is 8.78 Å². The fraction of sp³-hybridized carbons (Fsp3) is 0.625. The zero-order valence-corrected chi connectivity index (χ0v) is 8.57. The van der Waals surface area contributed by atoms with Gasteiger partial charge in [0, 0.05) is 13.0 Å². The molecule has 0 saturated carbocycles. The number of aliphatic hydroxyl groups excluding tert-OH is 1. The lowest BCUT2D eigenvalue weighted by atomic mass is 10.3. The van der Waals surface area contributed by atoms with E-state index in [1.807, 2.05) is 6.92 Å². The summed E-state index contributed by atoms with van der Waals surface area (Å²) in [5, 5.41) is 17.0. The van der Waals surface area contributed by atoms with Gasteiger partial charge in [-0.15, -0.1) is 5.10 Å². The number of aliphatic hydroxyl groups is 1. The van der Waals surface area contributed by atoms with Gasteiger partial charge in [0.1, 0.15) is 11.9 Å². The zero-order chi connectivity index (χ0) is 12.1. The van der Waals surface area contributed by atoms with Gasteiger partial charge in [-0.2, -0.15) is 0 Å². The van der Waals surface area contributed by atoms with Crippen LogP contribution < -0.4 is 5.32 Å². The molecule has 0 spiro atoms. The van der Waals surface area contributed by atoms with Gasteiger partial charge in [-0.05, 0) is 0 Å². The summed E-state index contributed by atoms with van der Waals surface area (Å²) >= 11 is 0. The Morgan fingerprint density at radius 3 is 2.81 bits per heavy atom. The van der Waals surface area contributed by atoms with E-state index in [0.29, 0.717) is 12.2 Å². The maximum absolute atomic E-state index is 11.9. The Morgan fingerprint density at radius 1 is 1.62 bits per heavy atom. The minimum Gasteiger partial charge on any atom is -0.385 e. The van der Waals surface area contributed by atoms with E-state index in [9.17, 15) is 13.6 Å². The van der Waals surface area contributed by atoms with Crippen LogP contribution in [0, 0.1) is 0 Å². The number of carbonyl (C=O) groups is 1. The molecule has 0 aliphatic carbocycles. The zero-order valence-electron chi connectivity index (χ0n) is 8.57. The lowest BCUT2D eigenvalue weighted by molar-refractivity contribution is -0.00275. The third-order valence-electron chi connectivity index (χ3n) is 1.83. The van der Waals surface area contributed by atoms with E-state index in [4.69, 9.17) is 5.11 Å². The SMILES string of the molecule is CCc1nc(C(=O)NCC(O)C(F)F)n[nH]1. The Kier molecular flexibility index (Phi) is 4.29. The molecule has 1 rings (SSSR count). The topological polar surface area (TPSA) is 90.9 Å². The molecule has 0 radical (unpaired) electrons. The minimum atomic E-state index is -2.89. The van der Waals surface area contributed by atoms with Crippen molar-refractivity contribution in [1.82, 2.24) is 20.5 Å². The fourth-order valence-corrected chi connectivity index (χ4v) is 0.920.